The van der Waals surface area contributed by atoms with Crippen molar-refractivity contribution in [3.05, 3.63) is 0 Å². The van der Waals surface area contributed by atoms with Crippen LogP contribution in [0.2, 0.25) is 0 Å². The average Bonchev–Trinajstić information content (AvgIpc) is 2.30. The molecule has 0 aliphatic heterocycles. The van der Waals surface area contributed by atoms with E-state index < -0.39 is 0 Å². The number of nitrogens with one attached hydrogen (secondary N) is 1. The van der Waals surface area contributed by atoms with Crippen LogP contribution < -0.4 is 11.3 Å². The van der Waals surface area contributed by atoms with Crippen LogP contribution in [0.1, 0.15) is 51.9 Å². The first-order chi connectivity index (χ1) is 7.76. The molecule has 1 saturated carbocycles. The fraction of sp³-hybridized carbons (Fsp3) is 1.00. The molecule has 1 aliphatic rings. The number of ether oxygens (including phenoxy) is 1. The molecule has 0 aromatic carbocycles. The van der Waals surface area contributed by atoms with E-state index in [0.29, 0.717) is 12.0 Å². The Morgan fingerprint density at radius 2 is 2.00 bits per heavy atom. The molecule has 0 aromatic rings. The van der Waals surface area contributed by atoms with Crippen LogP contribution in [0.3, 0.4) is 0 Å². The number of methoxy groups -OCH3 is 1. The van der Waals surface area contributed by atoms with Crippen LogP contribution in [-0.4, -0.2) is 19.8 Å². The minimum atomic E-state index is 0.466. The van der Waals surface area contributed by atoms with E-state index in [1.807, 2.05) is 0 Å². The molecular formula is C13H28N2O. The second-order valence-electron chi connectivity index (χ2n) is 5.40. The van der Waals surface area contributed by atoms with Crippen LogP contribution in [0.4, 0.5) is 0 Å². The van der Waals surface area contributed by atoms with E-state index in [1.165, 1.54) is 38.5 Å². The fourth-order valence-electron chi connectivity index (χ4n) is 2.90. The SMILES string of the molecule is COCC(C)CC(CC1CCCCC1)NN. The van der Waals surface area contributed by atoms with Gasteiger partial charge in [-0.05, 0) is 24.7 Å². The van der Waals surface area contributed by atoms with Crippen molar-refractivity contribution in [3.63, 3.8) is 0 Å². The Balaban J connectivity index is 2.24. The fourth-order valence-corrected chi connectivity index (χ4v) is 2.90. The van der Waals surface area contributed by atoms with Crippen LogP contribution in [-0.2, 0) is 4.74 Å². The first-order valence-electron chi connectivity index (χ1n) is 6.71. The molecule has 0 heterocycles. The lowest BCUT2D eigenvalue weighted by Gasteiger charge is -2.27. The maximum absolute atomic E-state index is 5.64. The summed E-state index contributed by atoms with van der Waals surface area (Å²) in [6.07, 6.45) is 9.42. The Morgan fingerprint density at radius 3 is 2.56 bits per heavy atom. The van der Waals surface area contributed by atoms with Gasteiger partial charge in [-0.25, -0.2) is 0 Å². The molecule has 0 radical (unpaired) electrons. The monoisotopic (exact) mass is 228 g/mol. The molecule has 3 N–H and O–H groups in total. The highest BCUT2D eigenvalue weighted by atomic mass is 16.5. The van der Waals surface area contributed by atoms with Gasteiger partial charge in [0.25, 0.3) is 0 Å². The van der Waals surface area contributed by atoms with E-state index in [4.69, 9.17) is 10.6 Å². The number of rotatable bonds is 7. The lowest BCUT2D eigenvalue weighted by Crippen LogP contribution is -2.38. The quantitative estimate of drug-likeness (QED) is 0.520. The Kier molecular flexibility index (Phi) is 7.01. The van der Waals surface area contributed by atoms with Gasteiger partial charge in [0.15, 0.2) is 0 Å². The molecule has 1 rings (SSSR count). The predicted octanol–water partition coefficient (Wildman–Crippen LogP) is 2.46. The van der Waals surface area contributed by atoms with Crippen molar-refractivity contribution in [2.45, 2.75) is 57.9 Å². The Hall–Kier alpha value is -0.120. The standard InChI is InChI=1S/C13H28N2O/c1-11(10-16-2)8-13(15-14)9-12-6-4-3-5-7-12/h11-13,15H,3-10,14H2,1-2H3. The molecule has 0 spiro atoms. The highest BCUT2D eigenvalue weighted by Gasteiger charge is 2.19. The van der Waals surface area contributed by atoms with Crippen molar-refractivity contribution in [2.75, 3.05) is 13.7 Å². The summed E-state index contributed by atoms with van der Waals surface area (Å²) in [4.78, 5) is 0. The third-order valence-electron chi connectivity index (χ3n) is 3.72. The third-order valence-corrected chi connectivity index (χ3v) is 3.72. The van der Waals surface area contributed by atoms with Crippen molar-refractivity contribution in [3.8, 4) is 0 Å². The van der Waals surface area contributed by atoms with Crippen LogP contribution in [0.5, 0.6) is 0 Å². The molecule has 0 amide bonds. The molecule has 1 fully saturated rings. The summed E-state index contributed by atoms with van der Waals surface area (Å²) in [5.74, 6) is 7.13. The van der Waals surface area contributed by atoms with Crippen molar-refractivity contribution in [2.24, 2.45) is 17.7 Å². The van der Waals surface area contributed by atoms with Crippen LogP contribution in [0, 0.1) is 11.8 Å². The van der Waals surface area contributed by atoms with Crippen molar-refractivity contribution in [1.82, 2.24) is 5.43 Å². The topological polar surface area (TPSA) is 47.3 Å². The second kappa shape index (κ2) is 8.04. The van der Waals surface area contributed by atoms with Gasteiger partial charge in [0.1, 0.15) is 0 Å². The van der Waals surface area contributed by atoms with Gasteiger partial charge >= 0.3 is 0 Å². The first-order valence-corrected chi connectivity index (χ1v) is 6.71. The van der Waals surface area contributed by atoms with Gasteiger partial charge in [0, 0.05) is 19.8 Å². The van der Waals surface area contributed by atoms with Gasteiger partial charge < -0.3 is 4.74 Å². The summed E-state index contributed by atoms with van der Waals surface area (Å²) >= 11 is 0. The molecule has 2 unspecified atom stereocenters. The molecular weight excluding hydrogens is 200 g/mol. The van der Waals surface area contributed by atoms with Crippen LogP contribution in [0.15, 0.2) is 0 Å². The first kappa shape index (κ1) is 13.9. The van der Waals surface area contributed by atoms with E-state index in [0.717, 1.165) is 18.9 Å². The zero-order valence-electron chi connectivity index (χ0n) is 10.9. The summed E-state index contributed by atoms with van der Waals surface area (Å²) in [6.45, 7) is 3.07. The zero-order valence-corrected chi connectivity index (χ0v) is 10.9. The minimum absolute atomic E-state index is 0.466. The molecule has 1 aliphatic carbocycles. The van der Waals surface area contributed by atoms with Gasteiger partial charge in [0.2, 0.25) is 0 Å². The van der Waals surface area contributed by atoms with E-state index in [9.17, 15) is 0 Å². The Bertz CT molecular complexity index is 169. The summed E-state index contributed by atoms with van der Waals surface area (Å²) in [7, 11) is 1.77. The number of nitrogens with two attached hydrogens (primary N) is 1. The van der Waals surface area contributed by atoms with Gasteiger partial charge in [-0.1, -0.05) is 39.0 Å². The highest BCUT2D eigenvalue weighted by molar-refractivity contribution is 4.74. The summed E-state index contributed by atoms with van der Waals surface area (Å²) in [5, 5.41) is 0. The highest BCUT2D eigenvalue weighted by Crippen LogP contribution is 2.28. The maximum atomic E-state index is 5.64. The Morgan fingerprint density at radius 1 is 1.31 bits per heavy atom. The molecule has 0 saturated heterocycles. The third kappa shape index (κ3) is 5.28. The van der Waals surface area contributed by atoms with Gasteiger partial charge in [-0.3, -0.25) is 11.3 Å². The van der Waals surface area contributed by atoms with Gasteiger partial charge in [-0.2, -0.15) is 0 Å². The predicted molar refractivity (Wildman–Crippen MR) is 68.0 cm³/mol. The molecule has 3 heteroatoms. The van der Waals surface area contributed by atoms with Gasteiger partial charge in [-0.15, -0.1) is 0 Å². The molecule has 16 heavy (non-hydrogen) atoms. The normalized spacial score (nSPS) is 21.9. The smallest absolute Gasteiger partial charge is 0.0488 e. The van der Waals surface area contributed by atoms with Crippen LogP contribution in [0.25, 0.3) is 0 Å². The second-order valence-corrected chi connectivity index (χ2v) is 5.40. The molecule has 0 bridgehead atoms. The lowest BCUT2D eigenvalue weighted by atomic mass is 9.83. The summed E-state index contributed by atoms with van der Waals surface area (Å²) in [6, 6.07) is 0.466. The van der Waals surface area contributed by atoms with E-state index >= 15 is 0 Å². The number of hydrazine groups is 1. The summed E-state index contributed by atoms with van der Waals surface area (Å²) < 4.78 is 5.17. The van der Waals surface area contributed by atoms with Crippen molar-refractivity contribution >= 4 is 0 Å². The van der Waals surface area contributed by atoms with Gasteiger partial charge in [0.05, 0.1) is 0 Å². The molecule has 0 aromatic heterocycles. The van der Waals surface area contributed by atoms with E-state index in [-0.39, 0.29) is 0 Å². The number of hydrogen-bond donors (Lipinski definition) is 2. The largest absolute Gasteiger partial charge is 0.384 e. The average molecular weight is 228 g/mol. The number of hydrogen-bond acceptors (Lipinski definition) is 3. The minimum Gasteiger partial charge on any atom is -0.384 e. The molecule has 3 nitrogen and oxygen atoms in total. The molecule has 96 valence electrons. The van der Waals surface area contributed by atoms with Crippen LogP contribution >= 0.6 is 0 Å². The van der Waals surface area contributed by atoms with E-state index in [1.54, 1.807) is 7.11 Å². The van der Waals surface area contributed by atoms with Crippen molar-refractivity contribution < 1.29 is 4.74 Å². The van der Waals surface area contributed by atoms with Crippen molar-refractivity contribution in [1.29, 1.82) is 0 Å². The Labute approximate surface area is 100 Å². The maximum Gasteiger partial charge on any atom is 0.0488 e. The molecule has 2 atom stereocenters. The van der Waals surface area contributed by atoms with E-state index in [2.05, 4.69) is 12.3 Å². The lowest BCUT2D eigenvalue weighted by molar-refractivity contribution is 0.145. The summed E-state index contributed by atoms with van der Waals surface area (Å²) in [5.41, 5.74) is 2.98. The zero-order chi connectivity index (χ0) is 11.8.